The zero-order valence-corrected chi connectivity index (χ0v) is 15.6. The van der Waals surface area contributed by atoms with Crippen molar-refractivity contribution >= 4 is 29.1 Å². The third kappa shape index (κ3) is 6.00. The fraction of sp³-hybridized carbons (Fsp3) is 0.316. The lowest BCUT2D eigenvalue weighted by molar-refractivity contribution is -0.158. The summed E-state index contributed by atoms with van der Waals surface area (Å²) in [6.07, 6.45) is -0.860. The number of carbonyl (C=O) groups excluding carboxylic acids is 3. The summed E-state index contributed by atoms with van der Waals surface area (Å²) in [5.74, 6) is -1.02. The SMILES string of the molecule is CC(OC(=O)CCNC(=O)c1cccs1)C(=O)N(C)Cc1ccccc1. The van der Waals surface area contributed by atoms with Crippen LogP contribution in [0.15, 0.2) is 47.8 Å². The maximum Gasteiger partial charge on any atom is 0.308 e. The molecule has 0 aliphatic heterocycles. The van der Waals surface area contributed by atoms with E-state index in [1.54, 1.807) is 26.1 Å². The smallest absolute Gasteiger partial charge is 0.308 e. The summed E-state index contributed by atoms with van der Waals surface area (Å²) in [6.45, 7) is 2.15. The topological polar surface area (TPSA) is 75.7 Å². The summed E-state index contributed by atoms with van der Waals surface area (Å²) in [4.78, 5) is 38.0. The molecule has 1 aromatic heterocycles. The van der Waals surface area contributed by atoms with Gasteiger partial charge < -0.3 is 15.0 Å². The highest BCUT2D eigenvalue weighted by Crippen LogP contribution is 2.08. The van der Waals surface area contributed by atoms with Crippen LogP contribution < -0.4 is 5.32 Å². The molecule has 1 heterocycles. The lowest BCUT2D eigenvalue weighted by Crippen LogP contribution is -2.37. The second kappa shape index (κ2) is 9.72. The highest BCUT2D eigenvalue weighted by atomic mass is 32.1. The molecule has 1 atom stereocenters. The molecule has 0 radical (unpaired) electrons. The van der Waals surface area contributed by atoms with E-state index < -0.39 is 12.1 Å². The Balaban J connectivity index is 1.71. The number of thiophene rings is 1. The Labute approximate surface area is 156 Å². The van der Waals surface area contributed by atoms with Gasteiger partial charge in [-0.15, -0.1) is 11.3 Å². The maximum absolute atomic E-state index is 12.3. The lowest BCUT2D eigenvalue weighted by Gasteiger charge is -2.21. The first kappa shape index (κ1) is 19.7. The molecule has 0 aliphatic carbocycles. The Morgan fingerprint density at radius 2 is 1.88 bits per heavy atom. The molecule has 1 N–H and O–H groups in total. The molecule has 2 amide bonds. The zero-order valence-electron chi connectivity index (χ0n) is 14.8. The normalized spacial score (nSPS) is 11.5. The quantitative estimate of drug-likeness (QED) is 0.720. The Morgan fingerprint density at radius 1 is 1.15 bits per heavy atom. The van der Waals surface area contributed by atoms with Crippen molar-refractivity contribution in [3.8, 4) is 0 Å². The minimum Gasteiger partial charge on any atom is -0.452 e. The van der Waals surface area contributed by atoms with Gasteiger partial charge in [-0.25, -0.2) is 0 Å². The Bertz CT molecular complexity index is 731. The summed E-state index contributed by atoms with van der Waals surface area (Å²) in [5, 5.41) is 4.46. The number of nitrogens with one attached hydrogen (secondary N) is 1. The van der Waals surface area contributed by atoms with Crippen LogP contribution in [0, 0.1) is 0 Å². The predicted octanol–water partition coefficient (Wildman–Crippen LogP) is 2.46. The van der Waals surface area contributed by atoms with E-state index in [0.717, 1.165) is 5.56 Å². The van der Waals surface area contributed by atoms with E-state index >= 15 is 0 Å². The van der Waals surface area contributed by atoms with Gasteiger partial charge in [-0.05, 0) is 23.9 Å². The third-order valence-corrected chi connectivity index (χ3v) is 4.52. The van der Waals surface area contributed by atoms with Crippen LogP contribution in [0.5, 0.6) is 0 Å². The van der Waals surface area contributed by atoms with Gasteiger partial charge in [0.1, 0.15) is 0 Å². The van der Waals surface area contributed by atoms with Crippen molar-refractivity contribution in [3.05, 3.63) is 58.3 Å². The summed E-state index contributed by atoms with van der Waals surface area (Å²) in [7, 11) is 1.67. The molecular weight excluding hydrogens is 352 g/mol. The molecule has 26 heavy (non-hydrogen) atoms. The predicted molar refractivity (Wildman–Crippen MR) is 99.7 cm³/mol. The minimum absolute atomic E-state index is 0.0110. The molecule has 0 saturated heterocycles. The van der Waals surface area contributed by atoms with Gasteiger partial charge in [-0.2, -0.15) is 0 Å². The highest BCUT2D eigenvalue weighted by molar-refractivity contribution is 7.12. The maximum atomic E-state index is 12.3. The van der Waals surface area contributed by atoms with Gasteiger partial charge in [0.25, 0.3) is 11.8 Å². The number of benzene rings is 1. The van der Waals surface area contributed by atoms with Crippen molar-refractivity contribution in [3.63, 3.8) is 0 Å². The molecule has 1 aromatic carbocycles. The van der Waals surface area contributed by atoms with Crippen LogP contribution in [0.3, 0.4) is 0 Å². The minimum atomic E-state index is -0.871. The van der Waals surface area contributed by atoms with E-state index in [1.807, 2.05) is 35.7 Å². The van der Waals surface area contributed by atoms with Gasteiger partial charge >= 0.3 is 5.97 Å². The molecule has 1 unspecified atom stereocenters. The largest absolute Gasteiger partial charge is 0.452 e. The van der Waals surface area contributed by atoms with Crippen LogP contribution in [-0.2, 0) is 20.9 Å². The monoisotopic (exact) mass is 374 g/mol. The number of nitrogens with zero attached hydrogens (tertiary/aromatic N) is 1. The summed E-state index contributed by atoms with van der Waals surface area (Å²) >= 11 is 1.33. The first-order valence-electron chi connectivity index (χ1n) is 8.27. The van der Waals surface area contributed by atoms with Crippen LogP contribution in [0.2, 0.25) is 0 Å². The van der Waals surface area contributed by atoms with Gasteiger partial charge in [-0.3, -0.25) is 14.4 Å². The molecule has 0 aliphatic rings. The standard InChI is InChI=1S/C19H22N2O4S/c1-14(19(24)21(2)13-15-7-4-3-5-8-15)25-17(22)10-11-20-18(23)16-9-6-12-26-16/h3-9,12,14H,10-11,13H2,1-2H3,(H,20,23). The average Bonchev–Trinajstić information content (AvgIpc) is 3.16. The van der Waals surface area contributed by atoms with E-state index in [0.29, 0.717) is 11.4 Å². The van der Waals surface area contributed by atoms with Crippen molar-refractivity contribution in [1.29, 1.82) is 0 Å². The molecule has 2 aromatic rings. The molecule has 7 heteroatoms. The molecule has 0 spiro atoms. The Kier molecular flexibility index (Phi) is 7.35. The first-order valence-corrected chi connectivity index (χ1v) is 9.15. The first-order chi connectivity index (χ1) is 12.5. The molecule has 0 fully saturated rings. The van der Waals surface area contributed by atoms with Crippen molar-refractivity contribution in [1.82, 2.24) is 10.2 Å². The van der Waals surface area contributed by atoms with Gasteiger partial charge in [0, 0.05) is 20.1 Å². The lowest BCUT2D eigenvalue weighted by atomic mass is 10.2. The van der Waals surface area contributed by atoms with Gasteiger partial charge in [0.2, 0.25) is 0 Å². The van der Waals surface area contributed by atoms with Gasteiger partial charge in [-0.1, -0.05) is 36.4 Å². The Morgan fingerprint density at radius 3 is 2.54 bits per heavy atom. The number of amides is 2. The van der Waals surface area contributed by atoms with Crippen LogP contribution in [0.25, 0.3) is 0 Å². The third-order valence-electron chi connectivity index (χ3n) is 3.65. The van der Waals surface area contributed by atoms with Gasteiger partial charge in [0.05, 0.1) is 11.3 Å². The highest BCUT2D eigenvalue weighted by Gasteiger charge is 2.21. The number of carbonyl (C=O) groups is 3. The van der Waals surface area contributed by atoms with Crippen molar-refractivity contribution in [2.24, 2.45) is 0 Å². The average molecular weight is 374 g/mol. The number of hydrogen-bond acceptors (Lipinski definition) is 5. The fourth-order valence-corrected chi connectivity index (χ4v) is 2.97. The van der Waals surface area contributed by atoms with Crippen molar-refractivity contribution in [2.75, 3.05) is 13.6 Å². The fourth-order valence-electron chi connectivity index (χ4n) is 2.33. The van der Waals surface area contributed by atoms with E-state index in [9.17, 15) is 14.4 Å². The summed E-state index contributed by atoms with van der Waals surface area (Å²) < 4.78 is 5.16. The zero-order chi connectivity index (χ0) is 18.9. The molecule has 0 bridgehead atoms. The van der Waals surface area contributed by atoms with Crippen molar-refractivity contribution < 1.29 is 19.1 Å². The number of hydrogen-bond donors (Lipinski definition) is 1. The summed E-state index contributed by atoms with van der Waals surface area (Å²) in [5.41, 5.74) is 0.998. The van der Waals surface area contributed by atoms with Crippen LogP contribution in [0.4, 0.5) is 0 Å². The number of likely N-dealkylation sites (N-methyl/N-ethyl adjacent to an activating group) is 1. The van der Waals surface area contributed by atoms with Gasteiger partial charge in [0.15, 0.2) is 6.10 Å². The number of esters is 1. The van der Waals surface area contributed by atoms with E-state index in [4.69, 9.17) is 4.74 Å². The molecule has 2 rings (SSSR count). The number of ether oxygens (including phenoxy) is 1. The van der Waals surface area contributed by atoms with E-state index in [1.165, 1.54) is 16.2 Å². The van der Waals surface area contributed by atoms with E-state index in [-0.39, 0.29) is 24.8 Å². The van der Waals surface area contributed by atoms with Crippen molar-refractivity contribution in [2.45, 2.75) is 26.0 Å². The number of rotatable bonds is 8. The molecule has 138 valence electrons. The molecule has 0 saturated carbocycles. The molecular formula is C19H22N2O4S. The summed E-state index contributed by atoms with van der Waals surface area (Å²) in [6, 6.07) is 13.1. The second-order valence-corrected chi connectivity index (χ2v) is 6.74. The Hall–Kier alpha value is -2.67. The van der Waals surface area contributed by atoms with E-state index in [2.05, 4.69) is 5.32 Å². The van der Waals surface area contributed by atoms with Crippen LogP contribution in [-0.4, -0.2) is 42.4 Å². The second-order valence-electron chi connectivity index (χ2n) is 5.80. The molecule has 6 nitrogen and oxygen atoms in total. The van der Waals surface area contributed by atoms with Crippen LogP contribution >= 0.6 is 11.3 Å². The van der Waals surface area contributed by atoms with Crippen LogP contribution in [0.1, 0.15) is 28.6 Å².